The van der Waals surface area contributed by atoms with Crippen molar-refractivity contribution in [2.45, 2.75) is 20.4 Å². The molecular weight excluding hydrogens is 190 g/mol. The largest absolute Gasteiger partial charge is 0.396 e. The fourth-order valence-electron chi connectivity index (χ4n) is 1.65. The Morgan fingerprint density at radius 1 is 1.40 bits per heavy atom. The van der Waals surface area contributed by atoms with Crippen LogP contribution in [0, 0.1) is 0 Å². The van der Waals surface area contributed by atoms with Crippen molar-refractivity contribution in [1.82, 2.24) is 14.8 Å². The average Bonchev–Trinajstić information content (AvgIpc) is 2.65. The topological polar surface area (TPSA) is 68.8 Å². The molecule has 0 amide bonds. The summed E-state index contributed by atoms with van der Waals surface area (Å²) in [6.45, 7) is 5.72. The summed E-state index contributed by atoms with van der Waals surface area (Å²) < 4.78 is 1.86. The fraction of sp³-hybridized carbons (Fsp3) is 0.400. The minimum absolute atomic E-state index is 0.667. The molecule has 0 saturated carbocycles. The molecule has 0 aromatic carbocycles. The van der Waals surface area contributed by atoms with Gasteiger partial charge in [-0.2, -0.15) is 5.10 Å². The van der Waals surface area contributed by atoms with Gasteiger partial charge in [-0.3, -0.25) is 0 Å². The third kappa shape index (κ3) is 1.49. The number of nitrogens with zero attached hydrogens (tertiary/aromatic N) is 3. The minimum Gasteiger partial charge on any atom is -0.396 e. The molecule has 0 radical (unpaired) electrons. The molecular formula is C10H15N5. The first-order valence-electron chi connectivity index (χ1n) is 5.11. The van der Waals surface area contributed by atoms with Gasteiger partial charge in [0.05, 0.1) is 29.2 Å². The van der Waals surface area contributed by atoms with Crippen molar-refractivity contribution in [3.63, 3.8) is 0 Å². The Hall–Kier alpha value is -1.78. The number of fused-ring (bicyclic) bond motifs is 1. The lowest BCUT2D eigenvalue weighted by molar-refractivity contribution is 0.677. The Kier molecular flexibility index (Phi) is 2.45. The summed E-state index contributed by atoms with van der Waals surface area (Å²) in [6.07, 6.45) is 3.48. The highest BCUT2D eigenvalue weighted by atomic mass is 15.3. The quantitative estimate of drug-likeness (QED) is 0.796. The van der Waals surface area contributed by atoms with Gasteiger partial charge in [-0.05, 0) is 13.8 Å². The van der Waals surface area contributed by atoms with Crippen LogP contribution in [0.4, 0.5) is 11.4 Å². The van der Waals surface area contributed by atoms with Crippen LogP contribution in [0.3, 0.4) is 0 Å². The molecule has 80 valence electrons. The van der Waals surface area contributed by atoms with E-state index in [9.17, 15) is 0 Å². The van der Waals surface area contributed by atoms with Gasteiger partial charge in [0, 0.05) is 13.1 Å². The lowest BCUT2D eigenvalue weighted by atomic mass is 10.2. The lowest BCUT2D eigenvalue weighted by Gasteiger charge is -2.07. The number of nitrogens with two attached hydrogens (primary N) is 1. The summed E-state index contributed by atoms with van der Waals surface area (Å²) in [5.41, 5.74) is 8.34. The Morgan fingerprint density at radius 3 is 2.87 bits per heavy atom. The third-order valence-electron chi connectivity index (χ3n) is 2.35. The molecule has 0 fully saturated rings. The molecule has 0 bridgehead atoms. The molecule has 2 heterocycles. The van der Waals surface area contributed by atoms with E-state index in [0.717, 1.165) is 29.8 Å². The van der Waals surface area contributed by atoms with Crippen LogP contribution in [-0.2, 0) is 6.54 Å². The van der Waals surface area contributed by atoms with Crippen LogP contribution in [0.1, 0.15) is 13.8 Å². The highest BCUT2D eigenvalue weighted by Gasteiger charge is 2.09. The Bertz CT molecular complexity index is 474. The monoisotopic (exact) mass is 205 g/mol. The van der Waals surface area contributed by atoms with Gasteiger partial charge in [0.25, 0.3) is 0 Å². The molecule has 2 aromatic rings. The maximum atomic E-state index is 5.86. The van der Waals surface area contributed by atoms with E-state index in [-0.39, 0.29) is 0 Å². The first-order chi connectivity index (χ1) is 7.27. The number of aryl methyl sites for hydroxylation is 1. The number of nitrogen functional groups attached to an aromatic ring is 1. The van der Waals surface area contributed by atoms with E-state index in [2.05, 4.69) is 15.4 Å². The predicted octanol–water partition coefficient (Wildman–Crippen LogP) is 1.47. The molecule has 15 heavy (non-hydrogen) atoms. The van der Waals surface area contributed by atoms with E-state index in [1.165, 1.54) is 0 Å². The molecule has 0 aliphatic heterocycles. The standard InChI is InChI=1S/C10H15N5/c1-3-12-9-7-5-14-15(4-2)10(7)13-6-8(9)11/h5-6H,3-4,11H2,1-2H3,(H,12,13). The molecule has 0 saturated heterocycles. The van der Waals surface area contributed by atoms with Gasteiger partial charge >= 0.3 is 0 Å². The highest BCUT2D eigenvalue weighted by Crippen LogP contribution is 2.27. The van der Waals surface area contributed by atoms with Crippen LogP contribution >= 0.6 is 0 Å². The summed E-state index contributed by atoms with van der Waals surface area (Å²) in [5.74, 6) is 0. The van der Waals surface area contributed by atoms with Gasteiger partial charge in [-0.15, -0.1) is 0 Å². The van der Waals surface area contributed by atoms with E-state index in [0.29, 0.717) is 5.69 Å². The first kappa shape index (κ1) is 9.76. The third-order valence-corrected chi connectivity index (χ3v) is 2.35. The van der Waals surface area contributed by atoms with Gasteiger partial charge in [0.2, 0.25) is 0 Å². The second-order valence-electron chi connectivity index (χ2n) is 3.32. The van der Waals surface area contributed by atoms with E-state index in [4.69, 9.17) is 5.73 Å². The molecule has 0 aliphatic rings. The normalized spacial score (nSPS) is 10.8. The number of nitrogens with one attached hydrogen (secondary N) is 1. The Labute approximate surface area is 88.3 Å². The molecule has 5 heteroatoms. The first-order valence-corrected chi connectivity index (χ1v) is 5.11. The molecule has 2 rings (SSSR count). The summed E-state index contributed by atoms with van der Waals surface area (Å²) in [7, 11) is 0. The van der Waals surface area contributed by atoms with Crippen LogP contribution < -0.4 is 11.1 Å². The molecule has 0 unspecified atom stereocenters. The number of hydrogen-bond donors (Lipinski definition) is 2. The molecule has 0 spiro atoms. The van der Waals surface area contributed by atoms with E-state index < -0.39 is 0 Å². The van der Waals surface area contributed by atoms with E-state index >= 15 is 0 Å². The van der Waals surface area contributed by atoms with E-state index in [1.807, 2.05) is 18.5 Å². The SMILES string of the molecule is CCNc1c(N)cnc2c1cnn2CC. The molecule has 2 aromatic heterocycles. The van der Waals surface area contributed by atoms with Gasteiger partial charge < -0.3 is 11.1 Å². The second kappa shape index (κ2) is 3.76. The summed E-state index contributed by atoms with van der Waals surface area (Å²) in [5, 5.41) is 8.48. The molecule has 0 atom stereocenters. The Balaban J connectivity index is 2.66. The highest BCUT2D eigenvalue weighted by molar-refractivity contribution is 5.95. The fourth-order valence-corrected chi connectivity index (χ4v) is 1.65. The van der Waals surface area contributed by atoms with Crippen LogP contribution in [0.5, 0.6) is 0 Å². The summed E-state index contributed by atoms with van der Waals surface area (Å²) in [6, 6.07) is 0. The van der Waals surface area contributed by atoms with Gasteiger partial charge in [-0.25, -0.2) is 9.67 Å². The smallest absolute Gasteiger partial charge is 0.159 e. The zero-order valence-corrected chi connectivity index (χ0v) is 8.99. The summed E-state index contributed by atoms with van der Waals surface area (Å²) >= 11 is 0. The number of hydrogen-bond acceptors (Lipinski definition) is 4. The summed E-state index contributed by atoms with van der Waals surface area (Å²) in [4.78, 5) is 4.29. The van der Waals surface area contributed by atoms with Crippen LogP contribution in [0.25, 0.3) is 11.0 Å². The van der Waals surface area contributed by atoms with E-state index in [1.54, 1.807) is 12.4 Å². The minimum atomic E-state index is 0.667. The van der Waals surface area contributed by atoms with Crippen molar-refractivity contribution >= 4 is 22.4 Å². The van der Waals surface area contributed by atoms with Crippen molar-refractivity contribution < 1.29 is 0 Å². The number of rotatable bonds is 3. The van der Waals surface area contributed by atoms with Crippen LogP contribution in [-0.4, -0.2) is 21.3 Å². The molecule has 0 aliphatic carbocycles. The number of anilines is 2. The van der Waals surface area contributed by atoms with Crippen molar-refractivity contribution in [3.05, 3.63) is 12.4 Å². The predicted molar refractivity (Wildman–Crippen MR) is 61.8 cm³/mol. The maximum Gasteiger partial charge on any atom is 0.159 e. The molecule has 5 nitrogen and oxygen atoms in total. The lowest BCUT2D eigenvalue weighted by Crippen LogP contribution is -2.03. The van der Waals surface area contributed by atoms with Crippen LogP contribution in [0.15, 0.2) is 12.4 Å². The average molecular weight is 205 g/mol. The van der Waals surface area contributed by atoms with Gasteiger partial charge in [0.1, 0.15) is 0 Å². The molecule has 3 N–H and O–H groups in total. The number of pyridine rings is 1. The van der Waals surface area contributed by atoms with Gasteiger partial charge in [0.15, 0.2) is 5.65 Å². The maximum absolute atomic E-state index is 5.86. The van der Waals surface area contributed by atoms with Crippen LogP contribution in [0.2, 0.25) is 0 Å². The van der Waals surface area contributed by atoms with Gasteiger partial charge in [-0.1, -0.05) is 0 Å². The second-order valence-corrected chi connectivity index (χ2v) is 3.32. The zero-order chi connectivity index (χ0) is 10.8. The van der Waals surface area contributed by atoms with Crippen molar-refractivity contribution in [2.75, 3.05) is 17.6 Å². The zero-order valence-electron chi connectivity index (χ0n) is 8.99. The van der Waals surface area contributed by atoms with Crippen molar-refractivity contribution in [2.24, 2.45) is 0 Å². The number of aromatic nitrogens is 3. The van der Waals surface area contributed by atoms with Crippen molar-refractivity contribution in [1.29, 1.82) is 0 Å². The van der Waals surface area contributed by atoms with Crippen molar-refractivity contribution in [3.8, 4) is 0 Å². The Morgan fingerprint density at radius 2 is 2.20 bits per heavy atom.